The van der Waals surface area contributed by atoms with Gasteiger partial charge in [-0.2, -0.15) is 5.26 Å². The fourth-order valence-corrected chi connectivity index (χ4v) is 6.45. The minimum absolute atomic E-state index is 0.0673. The summed E-state index contributed by atoms with van der Waals surface area (Å²) in [4.78, 5) is 7.33. The molecular weight excluding hydrogens is 491 g/mol. The number of β-amino-alcohol motifs (C(OH)–C–C–N with tert-alkyl or cyclic N) is 1. The van der Waals surface area contributed by atoms with Gasteiger partial charge in [0.05, 0.1) is 34.0 Å². The molecule has 1 saturated carbocycles. The molecule has 2 saturated heterocycles. The van der Waals surface area contributed by atoms with Crippen molar-refractivity contribution in [2.75, 3.05) is 50.7 Å². The summed E-state index contributed by atoms with van der Waals surface area (Å²) in [5.74, 6) is 1.25. The van der Waals surface area contributed by atoms with Crippen LogP contribution in [0.5, 0.6) is 0 Å². The Morgan fingerprint density at radius 3 is 2.33 bits per heavy atom. The number of benzene rings is 2. The van der Waals surface area contributed by atoms with E-state index in [0.29, 0.717) is 28.1 Å². The predicted molar refractivity (Wildman–Crippen MR) is 147 cm³/mol. The first-order chi connectivity index (χ1) is 17.3. The molecule has 0 unspecified atom stereocenters. The monoisotopic (exact) mass is 526 g/mol. The highest BCUT2D eigenvalue weighted by molar-refractivity contribution is 6.33. The normalized spacial score (nSPS) is 23.9. The molecule has 2 aliphatic heterocycles. The maximum atomic E-state index is 11.6. The molecule has 3 fully saturated rings. The van der Waals surface area contributed by atoms with Crippen LogP contribution in [0, 0.1) is 23.2 Å². The van der Waals surface area contributed by atoms with E-state index in [1.165, 1.54) is 19.4 Å². The Hall–Kier alpha value is -1.81. The van der Waals surface area contributed by atoms with Gasteiger partial charge in [0.1, 0.15) is 0 Å². The Bertz CT molecular complexity index is 1090. The lowest BCUT2D eigenvalue weighted by Crippen LogP contribution is -2.55. The van der Waals surface area contributed by atoms with E-state index in [1.807, 2.05) is 31.2 Å². The van der Waals surface area contributed by atoms with Crippen LogP contribution in [-0.4, -0.2) is 66.3 Å². The summed E-state index contributed by atoms with van der Waals surface area (Å²) >= 11 is 12.8. The largest absolute Gasteiger partial charge is 0.389 e. The second-order valence-electron chi connectivity index (χ2n) is 11.1. The van der Waals surface area contributed by atoms with Gasteiger partial charge in [0, 0.05) is 37.7 Å². The van der Waals surface area contributed by atoms with Crippen molar-refractivity contribution < 1.29 is 5.11 Å². The number of nitrogens with zero attached hydrogens (tertiary/aromatic N) is 4. The number of halogens is 2. The fourth-order valence-electron chi connectivity index (χ4n) is 6.04. The number of piperidine rings is 1. The van der Waals surface area contributed by atoms with E-state index in [4.69, 9.17) is 23.2 Å². The zero-order valence-electron chi connectivity index (χ0n) is 21.0. The van der Waals surface area contributed by atoms with Crippen molar-refractivity contribution in [2.45, 2.75) is 44.2 Å². The van der Waals surface area contributed by atoms with Gasteiger partial charge >= 0.3 is 0 Å². The first-order valence-electron chi connectivity index (χ1n) is 13.2. The molecule has 0 bridgehead atoms. The van der Waals surface area contributed by atoms with E-state index < -0.39 is 5.60 Å². The standard InChI is InChI=1S/C29H36Cl2N4O/c1-29(36,24-10-12-33(13-11-24)18-21-2-3-21)20-34-14-15-35(27-9-4-22(17-32)16-26(27)31)28(19-34)23-5-7-25(30)8-6-23/h4-9,16,21,24,28,36H,2-3,10-15,18-20H2,1H3/t28-,29+/m0/s1. The molecule has 5 nitrogen and oxygen atoms in total. The Morgan fingerprint density at radius 1 is 0.972 bits per heavy atom. The molecule has 5 rings (SSSR count). The van der Waals surface area contributed by atoms with Crippen molar-refractivity contribution in [3.63, 3.8) is 0 Å². The quantitative estimate of drug-likeness (QED) is 0.508. The lowest BCUT2D eigenvalue weighted by atomic mass is 9.81. The van der Waals surface area contributed by atoms with Gasteiger partial charge in [0.25, 0.3) is 0 Å². The molecule has 2 aromatic carbocycles. The van der Waals surface area contributed by atoms with Crippen LogP contribution in [0.2, 0.25) is 10.0 Å². The number of hydrogen-bond acceptors (Lipinski definition) is 5. The van der Waals surface area contributed by atoms with E-state index in [9.17, 15) is 10.4 Å². The number of hydrogen-bond donors (Lipinski definition) is 1. The summed E-state index contributed by atoms with van der Waals surface area (Å²) in [6.45, 7) is 8.58. The van der Waals surface area contributed by atoms with Crippen LogP contribution in [0.3, 0.4) is 0 Å². The van der Waals surface area contributed by atoms with Gasteiger partial charge in [-0.3, -0.25) is 4.90 Å². The predicted octanol–water partition coefficient (Wildman–Crippen LogP) is 5.60. The van der Waals surface area contributed by atoms with Crippen LogP contribution in [0.15, 0.2) is 42.5 Å². The molecule has 0 spiro atoms. The van der Waals surface area contributed by atoms with Crippen LogP contribution >= 0.6 is 23.2 Å². The topological polar surface area (TPSA) is 53.7 Å². The van der Waals surface area contributed by atoms with E-state index in [2.05, 4.69) is 32.9 Å². The second kappa shape index (κ2) is 10.9. The van der Waals surface area contributed by atoms with Gasteiger partial charge < -0.3 is 14.9 Å². The summed E-state index contributed by atoms with van der Waals surface area (Å²) in [6.07, 6.45) is 4.93. The first kappa shape index (κ1) is 25.8. The fraction of sp³-hybridized carbons (Fsp3) is 0.552. The molecule has 2 atom stereocenters. The van der Waals surface area contributed by atoms with Crippen LogP contribution in [0.4, 0.5) is 5.69 Å². The van der Waals surface area contributed by atoms with Crippen molar-refractivity contribution in [1.29, 1.82) is 5.26 Å². The van der Waals surface area contributed by atoms with Crippen molar-refractivity contribution in [1.82, 2.24) is 9.80 Å². The third kappa shape index (κ3) is 6.01. The number of anilines is 1. The van der Waals surface area contributed by atoms with Crippen molar-refractivity contribution in [2.24, 2.45) is 11.8 Å². The Morgan fingerprint density at radius 2 is 1.69 bits per heavy atom. The molecule has 0 radical (unpaired) electrons. The zero-order valence-corrected chi connectivity index (χ0v) is 22.6. The Labute approximate surface area is 225 Å². The lowest BCUT2D eigenvalue weighted by Gasteiger charge is -2.47. The summed E-state index contributed by atoms with van der Waals surface area (Å²) < 4.78 is 0. The van der Waals surface area contributed by atoms with Gasteiger partial charge in [0.2, 0.25) is 0 Å². The van der Waals surface area contributed by atoms with Gasteiger partial charge in [0.15, 0.2) is 0 Å². The Balaban J connectivity index is 1.30. The van der Waals surface area contributed by atoms with Crippen molar-refractivity contribution in [3.05, 3.63) is 63.6 Å². The first-order valence-corrected chi connectivity index (χ1v) is 14.0. The SMILES string of the molecule is C[C@@](O)(CN1CCN(c2ccc(C#N)cc2Cl)[C@H](c2ccc(Cl)cc2)C1)C1CCN(CC2CC2)CC1. The molecule has 2 aromatic rings. The third-order valence-electron chi connectivity index (χ3n) is 8.33. The minimum atomic E-state index is -0.718. The number of likely N-dealkylation sites (tertiary alicyclic amines) is 1. The second-order valence-corrected chi connectivity index (χ2v) is 12.0. The van der Waals surface area contributed by atoms with E-state index in [-0.39, 0.29) is 6.04 Å². The molecule has 36 heavy (non-hydrogen) atoms. The Kier molecular flexibility index (Phi) is 7.81. The highest BCUT2D eigenvalue weighted by atomic mass is 35.5. The van der Waals surface area contributed by atoms with Crippen LogP contribution < -0.4 is 4.90 Å². The van der Waals surface area contributed by atoms with Crippen LogP contribution in [-0.2, 0) is 0 Å². The minimum Gasteiger partial charge on any atom is -0.389 e. The number of aliphatic hydroxyl groups is 1. The molecule has 192 valence electrons. The molecule has 1 aliphatic carbocycles. The van der Waals surface area contributed by atoms with Gasteiger partial charge in [-0.25, -0.2) is 0 Å². The van der Waals surface area contributed by atoms with E-state index in [0.717, 1.165) is 62.7 Å². The average molecular weight is 528 g/mol. The highest BCUT2D eigenvalue weighted by Crippen LogP contribution is 2.38. The zero-order chi connectivity index (χ0) is 25.3. The van der Waals surface area contributed by atoms with Crippen LogP contribution in [0.25, 0.3) is 0 Å². The molecule has 7 heteroatoms. The van der Waals surface area contributed by atoms with Gasteiger partial charge in [-0.05, 0) is 93.4 Å². The van der Waals surface area contributed by atoms with Gasteiger partial charge in [-0.1, -0.05) is 35.3 Å². The summed E-state index contributed by atoms with van der Waals surface area (Å²) in [5, 5.41) is 22.2. The molecule has 3 aliphatic rings. The maximum Gasteiger partial charge on any atom is 0.0992 e. The highest BCUT2D eigenvalue weighted by Gasteiger charge is 2.39. The average Bonchev–Trinajstić information content (AvgIpc) is 3.69. The van der Waals surface area contributed by atoms with Crippen LogP contribution in [0.1, 0.15) is 49.8 Å². The smallest absolute Gasteiger partial charge is 0.0992 e. The summed E-state index contributed by atoms with van der Waals surface area (Å²) in [7, 11) is 0. The number of rotatable bonds is 7. The molecule has 0 amide bonds. The molecule has 1 N–H and O–H groups in total. The molecule has 0 aromatic heterocycles. The van der Waals surface area contributed by atoms with Gasteiger partial charge in [-0.15, -0.1) is 0 Å². The molecule has 2 heterocycles. The number of piperazine rings is 1. The van der Waals surface area contributed by atoms with Crippen molar-refractivity contribution in [3.8, 4) is 6.07 Å². The molecular formula is C29H36Cl2N4O. The van der Waals surface area contributed by atoms with Crippen molar-refractivity contribution >= 4 is 28.9 Å². The maximum absolute atomic E-state index is 11.6. The van der Waals surface area contributed by atoms with E-state index in [1.54, 1.807) is 6.07 Å². The van der Waals surface area contributed by atoms with E-state index >= 15 is 0 Å². The third-order valence-corrected chi connectivity index (χ3v) is 8.88. The lowest BCUT2D eigenvalue weighted by molar-refractivity contribution is -0.0543. The summed E-state index contributed by atoms with van der Waals surface area (Å²) in [5.41, 5.74) is 1.94. The summed E-state index contributed by atoms with van der Waals surface area (Å²) in [6, 6.07) is 15.8. The number of nitriles is 1.